The van der Waals surface area contributed by atoms with Crippen molar-refractivity contribution in [1.29, 1.82) is 5.26 Å². The molecule has 21 heavy (non-hydrogen) atoms. The fourth-order valence-corrected chi connectivity index (χ4v) is 2.92. The fourth-order valence-electron chi connectivity index (χ4n) is 2.92. The van der Waals surface area contributed by atoms with Gasteiger partial charge in [0.1, 0.15) is 11.9 Å². The Bertz CT molecular complexity index is 536. The van der Waals surface area contributed by atoms with Crippen molar-refractivity contribution in [3.05, 3.63) is 23.9 Å². The molecule has 2 aliphatic rings. The van der Waals surface area contributed by atoms with Gasteiger partial charge in [-0.25, -0.2) is 4.98 Å². The fraction of sp³-hybridized carbons (Fsp3) is 0.533. The number of piperazine rings is 1. The van der Waals surface area contributed by atoms with Gasteiger partial charge in [0.25, 0.3) is 0 Å². The zero-order valence-corrected chi connectivity index (χ0v) is 12.0. The minimum absolute atomic E-state index is 0.157. The smallest absolute Gasteiger partial charge is 0.227 e. The average Bonchev–Trinajstić information content (AvgIpc) is 3.09. The number of carbonyl (C=O) groups excluding carboxylic acids is 1. The summed E-state index contributed by atoms with van der Waals surface area (Å²) < 4.78 is 0. The number of amides is 1. The molecule has 3 heterocycles. The third-order valence-corrected chi connectivity index (χ3v) is 4.20. The summed E-state index contributed by atoms with van der Waals surface area (Å²) >= 11 is 0. The minimum Gasteiger partial charge on any atom is -0.353 e. The second-order valence-corrected chi connectivity index (χ2v) is 5.52. The molecule has 1 atom stereocenters. The average molecular weight is 285 g/mol. The lowest BCUT2D eigenvalue weighted by Gasteiger charge is -2.36. The van der Waals surface area contributed by atoms with Gasteiger partial charge < -0.3 is 15.1 Å². The third kappa shape index (κ3) is 2.98. The number of rotatable bonds is 2. The van der Waals surface area contributed by atoms with Crippen molar-refractivity contribution in [2.45, 2.75) is 6.42 Å². The Morgan fingerprint density at radius 3 is 2.71 bits per heavy atom. The predicted octanol–water partition coefficient (Wildman–Crippen LogP) is 0.211. The molecule has 6 heteroatoms. The van der Waals surface area contributed by atoms with E-state index in [4.69, 9.17) is 5.26 Å². The Kier molecular flexibility index (Phi) is 4.02. The Balaban J connectivity index is 1.57. The molecule has 0 radical (unpaired) electrons. The van der Waals surface area contributed by atoms with Crippen LogP contribution in [-0.2, 0) is 4.79 Å². The highest BCUT2D eigenvalue weighted by atomic mass is 16.2. The highest BCUT2D eigenvalue weighted by Crippen LogP contribution is 2.17. The van der Waals surface area contributed by atoms with Crippen LogP contribution in [0.2, 0.25) is 0 Å². The molecule has 3 rings (SSSR count). The van der Waals surface area contributed by atoms with Crippen molar-refractivity contribution in [2.75, 3.05) is 44.2 Å². The van der Waals surface area contributed by atoms with Gasteiger partial charge in [0.05, 0.1) is 11.5 Å². The maximum Gasteiger partial charge on any atom is 0.227 e. The Hall–Kier alpha value is -2.13. The summed E-state index contributed by atoms with van der Waals surface area (Å²) in [5.41, 5.74) is 0.571. The molecule has 0 bridgehead atoms. The van der Waals surface area contributed by atoms with Crippen LogP contribution in [0.15, 0.2) is 18.3 Å². The highest BCUT2D eigenvalue weighted by Gasteiger charge is 2.29. The number of nitrogens with one attached hydrogen (secondary N) is 1. The molecular formula is C15H19N5O. The minimum atomic E-state index is 0.157. The predicted molar refractivity (Wildman–Crippen MR) is 78.7 cm³/mol. The van der Waals surface area contributed by atoms with Crippen molar-refractivity contribution in [3.63, 3.8) is 0 Å². The van der Waals surface area contributed by atoms with E-state index in [2.05, 4.69) is 21.3 Å². The third-order valence-electron chi connectivity index (χ3n) is 4.20. The monoisotopic (exact) mass is 285 g/mol. The first-order chi connectivity index (χ1) is 10.3. The lowest BCUT2D eigenvalue weighted by Crippen LogP contribution is -2.50. The lowest BCUT2D eigenvalue weighted by molar-refractivity contribution is -0.135. The van der Waals surface area contributed by atoms with Gasteiger partial charge in [-0.1, -0.05) is 0 Å². The Labute approximate surface area is 124 Å². The number of pyridine rings is 1. The summed E-state index contributed by atoms with van der Waals surface area (Å²) in [6.07, 6.45) is 2.55. The van der Waals surface area contributed by atoms with Gasteiger partial charge >= 0.3 is 0 Å². The first-order valence-corrected chi connectivity index (χ1v) is 7.38. The molecule has 1 amide bonds. The van der Waals surface area contributed by atoms with E-state index in [-0.39, 0.29) is 11.8 Å². The van der Waals surface area contributed by atoms with Crippen molar-refractivity contribution >= 4 is 11.7 Å². The first kappa shape index (κ1) is 13.8. The van der Waals surface area contributed by atoms with Gasteiger partial charge in [-0.2, -0.15) is 5.26 Å². The molecule has 0 aromatic carbocycles. The van der Waals surface area contributed by atoms with E-state index in [9.17, 15) is 4.79 Å². The van der Waals surface area contributed by atoms with E-state index < -0.39 is 0 Å². The second kappa shape index (κ2) is 6.10. The van der Waals surface area contributed by atoms with Crippen molar-refractivity contribution < 1.29 is 4.79 Å². The van der Waals surface area contributed by atoms with E-state index in [0.29, 0.717) is 5.56 Å². The molecular weight excluding hydrogens is 266 g/mol. The van der Waals surface area contributed by atoms with Crippen LogP contribution in [0.3, 0.4) is 0 Å². The molecule has 2 saturated heterocycles. The molecule has 6 nitrogen and oxygen atoms in total. The van der Waals surface area contributed by atoms with Gasteiger partial charge in [-0.05, 0) is 25.1 Å². The molecule has 2 aliphatic heterocycles. The topological polar surface area (TPSA) is 72.3 Å². The molecule has 0 spiro atoms. The van der Waals surface area contributed by atoms with Crippen LogP contribution < -0.4 is 10.2 Å². The van der Waals surface area contributed by atoms with E-state index in [1.54, 1.807) is 12.3 Å². The summed E-state index contributed by atoms with van der Waals surface area (Å²) in [6.45, 7) is 4.85. The largest absolute Gasteiger partial charge is 0.353 e. The first-order valence-electron chi connectivity index (χ1n) is 7.38. The maximum atomic E-state index is 12.3. The lowest BCUT2D eigenvalue weighted by atomic mass is 10.1. The molecule has 0 saturated carbocycles. The van der Waals surface area contributed by atoms with Gasteiger partial charge in [0.15, 0.2) is 0 Å². The second-order valence-electron chi connectivity index (χ2n) is 5.52. The molecule has 0 aliphatic carbocycles. The van der Waals surface area contributed by atoms with Gasteiger partial charge in [-0.15, -0.1) is 0 Å². The van der Waals surface area contributed by atoms with Crippen LogP contribution in [0.25, 0.3) is 0 Å². The van der Waals surface area contributed by atoms with Crippen LogP contribution in [-0.4, -0.2) is 55.1 Å². The zero-order chi connectivity index (χ0) is 14.7. The molecule has 1 aromatic heterocycles. The van der Waals surface area contributed by atoms with Crippen LogP contribution in [0.4, 0.5) is 5.82 Å². The quantitative estimate of drug-likeness (QED) is 0.841. The molecule has 110 valence electrons. The normalized spacial score (nSPS) is 22.1. The summed E-state index contributed by atoms with van der Waals surface area (Å²) in [6, 6.07) is 5.72. The standard InChI is InChI=1S/C15H19N5O/c16-9-12-1-2-14(18-10-12)19-5-7-20(8-6-19)15(21)13-3-4-17-11-13/h1-2,10,13,17H,3-8,11H2. The summed E-state index contributed by atoms with van der Waals surface area (Å²) in [4.78, 5) is 20.8. The van der Waals surface area contributed by atoms with Crippen LogP contribution in [0, 0.1) is 17.2 Å². The molecule has 2 fully saturated rings. The number of anilines is 1. The molecule has 1 aromatic rings. The van der Waals surface area contributed by atoms with Crippen LogP contribution in [0.1, 0.15) is 12.0 Å². The van der Waals surface area contributed by atoms with E-state index >= 15 is 0 Å². The highest BCUT2D eigenvalue weighted by molar-refractivity contribution is 5.79. The van der Waals surface area contributed by atoms with Crippen molar-refractivity contribution in [2.24, 2.45) is 5.92 Å². The van der Waals surface area contributed by atoms with Gasteiger partial charge in [-0.3, -0.25) is 4.79 Å². The Morgan fingerprint density at radius 2 is 2.14 bits per heavy atom. The number of nitrogens with zero attached hydrogens (tertiary/aromatic N) is 4. The number of hydrogen-bond acceptors (Lipinski definition) is 5. The van der Waals surface area contributed by atoms with Crippen LogP contribution >= 0.6 is 0 Å². The SMILES string of the molecule is N#Cc1ccc(N2CCN(C(=O)C3CCNC3)CC2)nc1. The summed E-state index contributed by atoms with van der Waals surface area (Å²) in [5, 5.41) is 12.0. The molecule has 1 N–H and O–H groups in total. The zero-order valence-electron chi connectivity index (χ0n) is 12.0. The van der Waals surface area contributed by atoms with Crippen molar-refractivity contribution in [3.8, 4) is 6.07 Å². The number of nitriles is 1. The summed E-state index contributed by atoms with van der Waals surface area (Å²) in [7, 11) is 0. The van der Waals surface area contributed by atoms with E-state index in [1.807, 2.05) is 11.0 Å². The Morgan fingerprint density at radius 1 is 1.33 bits per heavy atom. The van der Waals surface area contributed by atoms with E-state index in [0.717, 1.165) is 51.5 Å². The van der Waals surface area contributed by atoms with Gasteiger partial charge in [0.2, 0.25) is 5.91 Å². The van der Waals surface area contributed by atoms with Gasteiger partial charge in [0, 0.05) is 38.9 Å². The molecule has 1 unspecified atom stereocenters. The van der Waals surface area contributed by atoms with Crippen LogP contribution in [0.5, 0.6) is 0 Å². The summed E-state index contributed by atoms with van der Waals surface area (Å²) in [5.74, 6) is 1.32. The number of aromatic nitrogens is 1. The number of hydrogen-bond donors (Lipinski definition) is 1. The maximum absolute atomic E-state index is 12.3. The number of carbonyl (C=O) groups is 1. The van der Waals surface area contributed by atoms with E-state index in [1.165, 1.54) is 0 Å². The van der Waals surface area contributed by atoms with Crippen molar-refractivity contribution in [1.82, 2.24) is 15.2 Å².